The quantitative estimate of drug-likeness (QED) is 0.295. The molecule has 0 bridgehead atoms. The molecule has 0 aliphatic carbocycles. The molecule has 0 spiro atoms. The van der Waals surface area contributed by atoms with Crippen LogP contribution in [0.3, 0.4) is 0 Å². The molecule has 0 saturated carbocycles. The molecule has 1 aliphatic rings. The Labute approximate surface area is 163 Å². The second kappa shape index (κ2) is 7.36. The van der Waals surface area contributed by atoms with E-state index in [-0.39, 0.29) is 29.4 Å². The molecule has 3 aromatic rings. The summed E-state index contributed by atoms with van der Waals surface area (Å²) >= 11 is 0. The molecule has 4 heterocycles. The lowest BCUT2D eigenvalue weighted by molar-refractivity contribution is -0.117. The molecule has 1 saturated heterocycles. The van der Waals surface area contributed by atoms with Gasteiger partial charge < -0.3 is 31.5 Å². The summed E-state index contributed by atoms with van der Waals surface area (Å²) in [6.45, 7) is -0.453. The highest BCUT2D eigenvalue weighted by Crippen LogP contribution is 2.32. The molecule has 0 radical (unpaired) electrons. The standard InChI is InChI=1S/C16H20N8O5/c17-9(26)2-1-7-3-20-24(4-7)16-21-13(18)10-14(22-16)23(6-19-10)15-12(28)11(27)8(5-25)29-15/h3-4,6,8,11-12,15,25,27-28H,1-2,5H2,(H2,17,26)(H2,18,21,22)/t8-,11+,12-,15-/m1/s1. The SMILES string of the molecule is NC(=O)CCc1cnn(-c2nc(N)c3ncn([C@@H]4O[C@H](CO)[C@H](O)[C@H]4O)c3n2)c1. The fraction of sp³-hybridized carbons (Fsp3) is 0.438. The Hall–Kier alpha value is -3.13. The molecule has 0 unspecified atom stereocenters. The monoisotopic (exact) mass is 404 g/mol. The third-order valence-corrected chi connectivity index (χ3v) is 4.73. The zero-order valence-corrected chi connectivity index (χ0v) is 15.2. The fourth-order valence-corrected chi connectivity index (χ4v) is 3.19. The summed E-state index contributed by atoms with van der Waals surface area (Å²) in [5.74, 6) is -0.180. The molecule has 1 aliphatic heterocycles. The van der Waals surface area contributed by atoms with E-state index >= 15 is 0 Å². The second-order valence-corrected chi connectivity index (χ2v) is 6.72. The number of imidazole rings is 1. The van der Waals surface area contributed by atoms with Crippen molar-refractivity contribution in [1.29, 1.82) is 0 Å². The number of fused-ring (bicyclic) bond motifs is 1. The highest BCUT2D eigenvalue weighted by Gasteiger charge is 2.44. The van der Waals surface area contributed by atoms with Gasteiger partial charge in [0.25, 0.3) is 5.95 Å². The maximum absolute atomic E-state index is 10.9. The Bertz CT molecular complexity index is 1050. The second-order valence-electron chi connectivity index (χ2n) is 6.72. The van der Waals surface area contributed by atoms with Crippen molar-refractivity contribution in [3.63, 3.8) is 0 Å². The molecule has 13 nitrogen and oxygen atoms in total. The Morgan fingerprint density at radius 2 is 2.07 bits per heavy atom. The van der Waals surface area contributed by atoms with Gasteiger partial charge >= 0.3 is 0 Å². The molecular formula is C16H20N8O5. The van der Waals surface area contributed by atoms with E-state index in [0.717, 1.165) is 5.56 Å². The first-order chi connectivity index (χ1) is 13.9. The number of amides is 1. The average molecular weight is 404 g/mol. The van der Waals surface area contributed by atoms with Crippen molar-refractivity contribution in [2.75, 3.05) is 12.3 Å². The van der Waals surface area contributed by atoms with Crippen molar-refractivity contribution in [2.24, 2.45) is 5.73 Å². The maximum atomic E-state index is 10.9. The number of hydrogen-bond donors (Lipinski definition) is 5. The van der Waals surface area contributed by atoms with Crippen molar-refractivity contribution < 1.29 is 24.9 Å². The normalized spacial score (nSPS) is 24.4. The number of nitrogens with two attached hydrogens (primary N) is 2. The molecule has 0 aromatic carbocycles. The number of rotatable bonds is 6. The number of anilines is 1. The lowest BCUT2D eigenvalue weighted by atomic mass is 10.1. The van der Waals surface area contributed by atoms with E-state index in [0.29, 0.717) is 6.42 Å². The number of carbonyl (C=O) groups is 1. The predicted molar refractivity (Wildman–Crippen MR) is 97.4 cm³/mol. The number of nitrogen functional groups attached to an aromatic ring is 1. The van der Waals surface area contributed by atoms with E-state index in [1.54, 1.807) is 12.4 Å². The molecule has 13 heteroatoms. The molecule has 1 fully saturated rings. The van der Waals surface area contributed by atoms with E-state index < -0.39 is 37.1 Å². The van der Waals surface area contributed by atoms with Crippen molar-refractivity contribution in [2.45, 2.75) is 37.4 Å². The number of aromatic nitrogens is 6. The first-order valence-corrected chi connectivity index (χ1v) is 8.83. The number of primary amides is 1. The zero-order chi connectivity index (χ0) is 20.7. The van der Waals surface area contributed by atoms with Crippen LogP contribution in [0.2, 0.25) is 0 Å². The Kier molecular flexibility index (Phi) is 4.87. The summed E-state index contributed by atoms with van der Waals surface area (Å²) in [5.41, 5.74) is 12.5. The Balaban J connectivity index is 1.70. The molecule has 7 N–H and O–H groups in total. The minimum atomic E-state index is -1.30. The minimum Gasteiger partial charge on any atom is -0.394 e. The molecular weight excluding hydrogens is 384 g/mol. The topological polar surface area (TPSA) is 200 Å². The van der Waals surface area contributed by atoms with Gasteiger partial charge in [0, 0.05) is 12.6 Å². The van der Waals surface area contributed by atoms with Gasteiger partial charge in [0.2, 0.25) is 5.91 Å². The van der Waals surface area contributed by atoms with Crippen LogP contribution in [0.25, 0.3) is 17.1 Å². The highest BCUT2D eigenvalue weighted by molar-refractivity contribution is 5.82. The predicted octanol–water partition coefficient (Wildman–Crippen LogP) is -2.38. The van der Waals surface area contributed by atoms with Gasteiger partial charge in [-0.05, 0) is 12.0 Å². The highest BCUT2D eigenvalue weighted by atomic mass is 16.6. The number of aliphatic hydroxyl groups excluding tert-OH is 3. The van der Waals surface area contributed by atoms with Gasteiger partial charge in [0.05, 0.1) is 19.1 Å². The summed E-state index contributed by atoms with van der Waals surface area (Å²) < 4.78 is 8.34. The lowest BCUT2D eigenvalue weighted by Gasteiger charge is -2.16. The van der Waals surface area contributed by atoms with Gasteiger partial charge in [-0.15, -0.1) is 0 Å². The fourth-order valence-electron chi connectivity index (χ4n) is 3.19. The molecule has 154 valence electrons. The third kappa shape index (κ3) is 3.40. The van der Waals surface area contributed by atoms with E-state index in [2.05, 4.69) is 20.1 Å². The number of hydrogen-bond acceptors (Lipinski definition) is 10. The van der Waals surface area contributed by atoms with E-state index in [4.69, 9.17) is 16.2 Å². The first-order valence-electron chi connectivity index (χ1n) is 8.83. The third-order valence-electron chi connectivity index (χ3n) is 4.73. The molecule has 4 atom stereocenters. The number of ether oxygens (including phenoxy) is 1. The van der Waals surface area contributed by atoms with Crippen LogP contribution >= 0.6 is 0 Å². The van der Waals surface area contributed by atoms with Crippen molar-refractivity contribution >= 4 is 22.9 Å². The Morgan fingerprint density at radius 1 is 1.28 bits per heavy atom. The average Bonchev–Trinajstić information content (AvgIpc) is 3.39. The van der Waals surface area contributed by atoms with Crippen LogP contribution in [0, 0.1) is 0 Å². The number of nitrogens with zero attached hydrogens (tertiary/aromatic N) is 6. The number of carbonyl (C=O) groups excluding carboxylic acids is 1. The smallest absolute Gasteiger partial charge is 0.254 e. The minimum absolute atomic E-state index is 0.0877. The van der Waals surface area contributed by atoms with Gasteiger partial charge in [-0.2, -0.15) is 15.1 Å². The van der Waals surface area contributed by atoms with E-state index in [1.807, 2.05) is 0 Å². The van der Waals surface area contributed by atoms with Crippen molar-refractivity contribution in [1.82, 2.24) is 29.3 Å². The molecule has 1 amide bonds. The first kappa shape index (κ1) is 19.2. The zero-order valence-electron chi connectivity index (χ0n) is 15.2. The van der Waals surface area contributed by atoms with Crippen molar-refractivity contribution in [3.8, 4) is 5.95 Å². The van der Waals surface area contributed by atoms with Crippen molar-refractivity contribution in [3.05, 3.63) is 24.3 Å². The molecule has 29 heavy (non-hydrogen) atoms. The summed E-state index contributed by atoms with van der Waals surface area (Å²) in [4.78, 5) is 23.7. The molecule has 3 aromatic heterocycles. The van der Waals surface area contributed by atoms with Crippen LogP contribution < -0.4 is 11.5 Å². The van der Waals surface area contributed by atoms with Gasteiger partial charge in [0.15, 0.2) is 17.7 Å². The number of aryl methyl sites for hydroxylation is 1. The van der Waals surface area contributed by atoms with Crippen LogP contribution in [-0.2, 0) is 16.0 Å². The van der Waals surface area contributed by atoms with Gasteiger partial charge in [-0.3, -0.25) is 9.36 Å². The van der Waals surface area contributed by atoms with E-state index in [9.17, 15) is 20.1 Å². The lowest BCUT2D eigenvalue weighted by Crippen LogP contribution is -2.33. The Morgan fingerprint density at radius 3 is 2.76 bits per heavy atom. The number of aliphatic hydroxyl groups is 3. The summed E-state index contributed by atoms with van der Waals surface area (Å²) in [6.07, 6.45) is 0.671. The van der Waals surface area contributed by atoms with Crippen LogP contribution in [0.5, 0.6) is 0 Å². The van der Waals surface area contributed by atoms with Gasteiger partial charge in [0.1, 0.15) is 23.8 Å². The van der Waals surface area contributed by atoms with Gasteiger partial charge in [-0.1, -0.05) is 0 Å². The van der Waals surface area contributed by atoms with Crippen LogP contribution in [0.4, 0.5) is 5.82 Å². The molecule has 4 rings (SSSR count). The largest absolute Gasteiger partial charge is 0.394 e. The van der Waals surface area contributed by atoms with E-state index in [1.165, 1.54) is 15.6 Å². The van der Waals surface area contributed by atoms with Crippen LogP contribution in [-0.4, -0.2) is 75.4 Å². The summed E-state index contributed by atoms with van der Waals surface area (Å²) in [7, 11) is 0. The van der Waals surface area contributed by atoms with Gasteiger partial charge in [-0.25, -0.2) is 9.67 Å². The van der Waals surface area contributed by atoms with Crippen LogP contribution in [0.1, 0.15) is 18.2 Å². The summed E-state index contributed by atoms with van der Waals surface area (Å²) in [6, 6.07) is 0. The maximum Gasteiger partial charge on any atom is 0.254 e. The van der Waals surface area contributed by atoms with Crippen LogP contribution in [0.15, 0.2) is 18.7 Å². The summed E-state index contributed by atoms with van der Waals surface area (Å²) in [5, 5.41) is 33.8.